The van der Waals surface area contributed by atoms with Crippen LogP contribution in [0.25, 0.3) is 11.3 Å². The minimum absolute atomic E-state index is 0.153. The van der Waals surface area contributed by atoms with Crippen LogP contribution in [-0.2, 0) is 24.4 Å². The number of rotatable bonds is 3. The first-order valence-corrected chi connectivity index (χ1v) is 9.78. The first kappa shape index (κ1) is 16.2. The molecule has 0 aliphatic carbocycles. The van der Waals surface area contributed by atoms with E-state index in [2.05, 4.69) is 32.0 Å². The zero-order valence-corrected chi connectivity index (χ0v) is 15.2. The lowest BCUT2D eigenvalue weighted by atomic mass is 10.0. The van der Waals surface area contributed by atoms with Crippen LogP contribution in [0.5, 0.6) is 0 Å². The Bertz CT molecular complexity index is 906. The van der Waals surface area contributed by atoms with Crippen LogP contribution < -0.4 is 0 Å². The van der Waals surface area contributed by atoms with Crippen molar-refractivity contribution in [1.82, 2.24) is 14.5 Å². The Morgan fingerprint density at radius 2 is 2.08 bits per heavy atom. The number of fused-ring (bicyclic) bond motifs is 1. The van der Waals surface area contributed by atoms with Gasteiger partial charge < -0.3 is 9.30 Å². The number of nitrogens with zero attached hydrogens (tertiary/aromatic N) is 3. The molecule has 6 heteroatoms. The number of hydrogen-bond donors (Lipinski definition) is 0. The van der Waals surface area contributed by atoms with Crippen molar-refractivity contribution in [1.29, 1.82) is 0 Å². The number of imidazole rings is 1. The summed E-state index contributed by atoms with van der Waals surface area (Å²) in [5, 5.41) is 2.13. The Morgan fingerprint density at radius 1 is 1.19 bits per heavy atom. The average Bonchev–Trinajstić information content (AvgIpc) is 3.37. The molecular weight excluding hydrogens is 349 g/mol. The van der Waals surface area contributed by atoms with Crippen LogP contribution in [0.4, 0.5) is 4.39 Å². The molecule has 134 valence electrons. The molecule has 26 heavy (non-hydrogen) atoms. The lowest BCUT2D eigenvalue weighted by Gasteiger charge is -2.35. The Hall–Kier alpha value is -2.02. The summed E-state index contributed by atoms with van der Waals surface area (Å²) in [5.41, 5.74) is 1.88. The predicted octanol–water partition coefficient (Wildman–Crippen LogP) is 3.93. The highest BCUT2D eigenvalue weighted by atomic mass is 32.1. The van der Waals surface area contributed by atoms with E-state index in [1.807, 2.05) is 29.7 Å². The van der Waals surface area contributed by atoms with Gasteiger partial charge in [-0.3, -0.25) is 4.90 Å². The van der Waals surface area contributed by atoms with E-state index in [0.29, 0.717) is 6.61 Å². The molecule has 0 unspecified atom stereocenters. The van der Waals surface area contributed by atoms with Gasteiger partial charge >= 0.3 is 0 Å². The molecule has 0 bridgehead atoms. The van der Waals surface area contributed by atoms with E-state index in [0.717, 1.165) is 49.7 Å². The second-order valence-electron chi connectivity index (χ2n) is 7.16. The summed E-state index contributed by atoms with van der Waals surface area (Å²) in [4.78, 5) is 8.40. The molecule has 4 heterocycles. The molecule has 1 fully saturated rings. The first-order valence-electron chi connectivity index (χ1n) is 8.90. The smallest absolute Gasteiger partial charge is 0.135 e. The number of ether oxygens (including phenoxy) is 1. The molecule has 4 nitrogen and oxygen atoms in total. The van der Waals surface area contributed by atoms with E-state index >= 15 is 0 Å². The van der Waals surface area contributed by atoms with Gasteiger partial charge in [-0.1, -0.05) is 6.07 Å². The summed E-state index contributed by atoms with van der Waals surface area (Å²) >= 11 is 1.81. The Balaban J connectivity index is 1.38. The normalized spacial score (nSPS) is 22.8. The first-order chi connectivity index (χ1) is 12.7. The summed E-state index contributed by atoms with van der Waals surface area (Å²) in [6, 6.07) is 10.9. The highest BCUT2D eigenvalue weighted by Crippen LogP contribution is 2.35. The fourth-order valence-corrected chi connectivity index (χ4v) is 4.79. The van der Waals surface area contributed by atoms with Gasteiger partial charge in [0, 0.05) is 24.5 Å². The van der Waals surface area contributed by atoms with Crippen molar-refractivity contribution in [2.45, 2.75) is 31.7 Å². The van der Waals surface area contributed by atoms with Gasteiger partial charge in [0.25, 0.3) is 0 Å². The molecule has 5 rings (SSSR count). The van der Waals surface area contributed by atoms with Gasteiger partial charge in [-0.2, -0.15) is 0 Å². The number of benzene rings is 1. The van der Waals surface area contributed by atoms with Crippen molar-refractivity contribution in [3.63, 3.8) is 0 Å². The topological polar surface area (TPSA) is 30.3 Å². The van der Waals surface area contributed by atoms with Gasteiger partial charge in [0.2, 0.25) is 0 Å². The maximum Gasteiger partial charge on any atom is 0.135 e. The standard InChI is InChI=1S/C20H20FN3OS/c21-16-5-3-15(4-6-16)18-10-22-19-12-25-20(14-24(18)19)7-8-23(13-20)11-17-2-1-9-26-17/h1-6,9-10H,7-8,11-14H2/t20-/m1/s1. The van der Waals surface area contributed by atoms with Crippen LogP contribution in [0.3, 0.4) is 0 Å². The van der Waals surface area contributed by atoms with Crippen molar-refractivity contribution >= 4 is 11.3 Å². The molecule has 0 amide bonds. The van der Waals surface area contributed by atoms with E-state index in [1.54, 1.807) is 0 Å². The summed E-state index contributed by atoms with van der Waals surface area (Å²) in [6.45, 7) is 4.31. The van der Waals surface area contributed by atoms with Crippen molar-refractivity contribution < 1.29 is 9.13 Å². The van der Waals surface area contributed by atoms with Gasteiger partial charge in [-0.25, -0.2) is 9.37 Å². The third-order valence-corrected chi connectivity index (χ3v) is 6.25. The van der Waals surface area contributed by atoms with Gasteiger partial charge in [-0.05, 0) is 47.7 Å². The van der Waals surface area contributed by atoms with E-state index in [-0.39, 0.29) is 11.4 Å². The maximum atomic E-state index is 13.3. The molecule has 1 atom stereocenters. The molecule has 0 saturated carbocycles. The minimum Gasteiger partial charge on any atom is -0.364 e. The fraction of sp³-hybridized carbons (Fsp3) is 0.350. The molecule has 2 aliphatic heterocycles. The summed E-state index contributed by atoms with van der Waals surface area (Å²) in [6.07, 6.45) is 2.90. The quantitative estimate of drug-likeness (QED) is 0.701. The third kappa shape index (κ3) is 2.88. The van der Waals surface area contributed by atoms with Crippen molar-refractivity contribution in [2.75, 3.05) is 13.1 Å². The third-order valence-electron chi connectivity index (χ3n) is 5.39. The van der Waals surface area contributed by atoms with E-state index in [9.17, 15) is 4.39 Å². The minimum atomic E-state index is -0.216. The van der Waals surface area contributed by atoms with E-state index < -0.39 is 0 Å². The SMILES string of the molecule is Fc1ccc(-c2cnc3n2C[C@]2(CCN(Cc4cccs4)C2)OC3)cc1. The molecular formula is C20H20FN3OS. The van der Waals surface area contributed by atoms with Gasteiger partial charge in [0.1, 0.15) is 23.8 Å². The van der Waals surface area contributed by atoms with Gasteiger partial charge in [-0.15, -0.1) is 11.3 Å². The van der Waals surface area contributed by atoms with Gasteiger partial charge in [0.05, 0.1) is 18.4 Å². The molecule has 0 radical (unpaired) electrons. The zero-order valence-electron chi connectivity index (χ0n) is 14.4. The average molecular weight is 369 g/mol. The second-order valence-corrected chi connectivity index (χ2v) is 8.20. The predicted molar refractivity (Wildman–Crippen MR) is 99.4 cm³/mol. The highest BCUT2D eigenvalue weighted by Gasteiger charge is 2.43. The maximum absolute atomic E-state index is 13.3. The van der Waals surface area contributed by atoms with Crippen LogP contribution >= 0.6 is 11.3 Å². The van der Waals surface area contributed by atoms with Crippen LogP contribution in [0.2, 0.25) is 0 Å². The number of likely N-dealkylation sites (tertiary alicyclic amines) is 1. The molecule has 1 spiro atoms. The zero-order chi connectivity index (χ0) is 17.6. The van der Waals surface area contributed by atoms with Crippen LogP contribution in [0, 0.1) is 5.82 Å². The van der Waals surface area contributed by atoms with E-state index in [4.69, 9.17) is 4.74 Å². The molecule has 1 saturated heterocycles. The Labute approximate surface area is 155 Å². The van der Waals surface area contributed by atoms with Crippen molar-refractivity contribution in [3.8, 4) is 11.3 Å². The van der Waals surface area contributed by atoms with Crippen LogP contribution in [-0.4, -0.2) is 33.1 Å². The molecule has 0 N–H and O–H groups in total. The Kier molecular flexibility index (Phi) is 3.92. The van der Waals surface area contributed by atoms with Gasteiger partial charge in [0.15, 0.2) is 0 Å². The fourth-order valence-electron chi connectivity index (χ4n) is 4.04. The lowest BCUT2D eigenvalue weighted by molar-refractivity contribution is -0.0821. The number of hydrogen-bond acceptors (Lipinski definition) is 4. The summed E-state index contributed by atoms with van der Waals surface area (Å²) in [5.74, 6) is 0.735. The van der Waals surface area contributed by atoms with Crippen LogP contribution in [0.15, 0.2) is 48.0 Å². The molecule has 3 aromatic rings. The summed E-state index contributed by atoms with van der Waals surface area (Å²) < 4.78 is 21.8. The van der Waals surface area contributed by atoms with E-state index in [1.165, 1.54) is 17.0 Å². The largest absolute Gasteiger partial charge is 0.364 e. The number of halogens is 1. The highest BCUT2D eigenvalue weighted by molar-refractivity contribution is 7.09. The monoisotopic (exact) mass is 369 g/mol. The van der Waals surface area contributed by atoms with Crippen LogP contribution in [0.1, 0.15) is 17.1 Å². The second kappa shape index (κ2) is 6.30. The van der Waals surface area contributed by atoms with Crippen molar-refractivity contribution in [3.05, 3.63) is 64.5 Å². The number of aromatic nitrogens is 2. The molecule has 2 aliphatic rings. The summed E-state index contributed by atoms with van der Waals surface area (Å²) in [7, 11) is 0. The molecule has 1 aromatic carbocycles. The lowest BCUT2D eigenvalue weighted by Crippen LogP contribution is -2.44. The van der Waals surface area contributed by atoms with Crippen molar-refractivity contribution in [2.24, 2.45) is 0 Å². The number of thiophene rings is 1. The molecule has 2 aromatic heterocycles. The Morgan fingerprint density at radius 3 is 2.88 bits per heavy atom.